The lowest BCUT2D eigenvalue weighted by molar-refractivity contribution is -0.111. The number of halogens is 1. The van der Waals surface area contributed by atoms with Crippen LogP contribution in [-0.2, 0) is 4.79 Å². The number of benzene rings is 2. The summed E-state index contributed by atoms with van der Waals surface area (Å²) in [5.74, 6) is -0.341. The number of amides is 1. The molecule has 0 aliphatic rings. The summed E-state index contributed by atoms with van der Waals surface area (Å²) in [4.78, 5) is 29.5. The van der Waals surface area contributed by atoms with Gasteiger partial charge in [0.05, 0.1) is 28.1 Å². The van der Waals surface area contributed by atoms with Crippen molar-refractivity contribution >= 4 is 49.3 Å². The predicted octanol–water partition coefficient (Wildman–Crippen LogP) is 4.61. The van der Waals surface area contributed by atoms with Crippen LogP contribution in [0.3, 0.4) is 0 Å². The fourth-order valence-corrected chi connectivity index (χ4v) is 4.00. The number of anilines is 1. The van der Waals surface area contributed by atoms with Crippen LogP contribution in [0.15, 0.2) is 95.1 Å². The third kappa shape index (κ3) is 3.40. The van der Waals surface area contributed by atoms with Crippen molar-refractivity contribution in [2.45, 2.75) is 0 Å². The number of nitrogens with one attached hydrogen (secondary N) is 1. The SMILES string of the molecule is C=CC(=O)Nc1cc(-n2c(=O)ccc3cnc4ccc(-n5cccn5)cc4c32)ccc1Br. The minimum Gasteiger partial charge on any atom is -0.321 e. The molecule has 0 fully saturated rings. The van der Waals surface area contributed by atoms with Gasteiger partial charge in [-0.2, -0.15) is 5.10 Å². The average molecular weight is 486 g/mol. The first-order valence-electron chi connectivity index (χ1n) is 9.73. The normalized spacial score (nSPS) is 11.0. The van der Waals surface area contributed by atoms with E-state index in [1.54, 1.807) is 39.8 Å². The van der Waals surface area contributed by atoms with Crippen LogP contribution in [0.4, 0.5) is 5.69 Å². The molecule has 0 unspecified atom stereocenters. The summed E-state index contributed by atoms with van der Waals surface area (Å²) < 4.78 is 4.08. The summed E-state index contributed by atoms with van der Waals surface area (Å²) in [5, 5.41) is 8.69. The first-order chi connectivity index (χ1) is 15.5. The molecule has 0 saturated carbocycles. The maximum absolute atomic E-state index is 13.1. The van der Waals surface area contributed by atoms with E-state index < -0.39 is 0 Å². The first-order valence-corrected chi connectivity index (χ1v) is 10.5. The Morgan fingerprint density at radius 1 is 1.09 bits per heavy atom. The Labute approximate surface area is 190 Å². The molecule has 32 heavy (non-hydrogen) atoms. The highest BCUT2D eigenvalue weighted by atomic mass is 79.9. The van der Waals surface area contributed by atoms with Crippen molar-refractivity contribution in [1.82, 2.24) is 19.3 Å². The van der Waals surface area contributed by atoms with Crippen molar-refractivity contribution < 1.29 is 4.79 Å². The smallest absolute Gasteiger partial charge is 0.255 e. The molecule has 5 rings (SSSR count). The van der Waals surface area contributed by atoms with E-state index in [0.29, 0.717) is 15.8 Å². The van der Waals surface area contributed by atoms with Crippen molar-refractivity contribution in [2.75, 3.05) is 5.32 Å². The minimum atomic E-state index is -0.341. The van der Waals surface area contributed by atoms with E-state index >= 15 is 0 Å². The van der Waals surface area contributed by atoms with E-state index in [2.05, 4.69) is 37.9 Å². The van der Waals surface area contributed by atoms with Crippen molar-refractivity contribution in [3.05, 3.63) is 101 Å². The first kappa shape index (κ1) is 19.9. The highest BCUT2D eigenvalue weighted by Crippen LogP contribution is 2.30. The van der Waals surface area contributed by atoms with Crippen LogP contribution in [-0.4, -0.2) is 25.2 Å². The van der Waals surface area contributed by atoms with Gasteiger partial charge in [-0.15, -0.1) is 0 Å². The molecule has 1 amide bonds. The van der Waals surface area contributed by atoms with Gasteiger partial charge in [0, 0.05) is 39.9 Å². The molecule has 0 saturated heterocycles. The van der Waals surface area contributed by atoms with Gasteiger partial charge in [-0.05, 0) is 70.5 Å². The second kappa shape index (κ2) is 7.90. The molecule has 0 aliphatic heterocycles. The summed E-state index contributed by atoms with van der Waals surface area (Å²) in [6.45, 7) is 3.49. The quantitative estimate of drug-likeness (QED) is 0.297. The Morgan fingerprint density at radius 3 is 2.72 bits per heavy atom. The number of aromatic nitrogens is 4. The van der Waals surface area contributed by atoms with Crippen LogP contribution >= 0.6 is 15.9 Å². The van der Waals surface area contributed by atoms with Gasteiger partial charge in [0.2, 0.25) is 5.91 Å². The number of carbonyl (C=O) groups is 1. The Morgan fingerprint density at radius 2 is 1.94 bits per heavy atom. The van der Waals surface area contributed by atoms with Crippen molar-refractivity contribution in [3.63, 3.8) is 0 Å². The highest BCUT2D eigenvalue weighted by Gasteiger charge is 2.13. The number of nitrogens with zero attached hydrogens (tertiary/aromatic N) is 4. The summed E-state index contributed by atoms with van der Waals surface area (Å²) >= 11 is 3.44. The molecule has 0 bridgehead atoms. The van der Waals surface area contributed by atoms with Gasteiger partial charge >= 0.3 is 0 Å². The minimum absolute atomic E-state index is 0.196. The number of hydrogen-bond acceptors (Lipinski definition) is 4. The maximum Gasteiger partial charge on any atom is 0.255 e. The van der Waals surface area contributed by atoms with Gasteiger partial charge in [0.15, 0.2) is 0 Å². The van der Waals surface area contributed by atoms with Crippen molar-refractivity contribution in [2.24, 2.45) is 0 Å². The topological polar surface area (TPSA) is 81.8 Å². The molecule has 0 radical (unpaired) electrons. The zero-order valence-corrected chi connectivity index (χ0v) is 18.3. The van der Waals surface area contributed by atoms with Crippen LogP contribution < -0.4 is 10.9 Å². The lowest BCUT2D eigenvalue weighted by Crippen LogP contribution is -2.18. The lowest BCUT2D eigenvalue weighted by atomic mass is 10.1. The standard InChI is InChI=1S/C24H16BrN5O2/c1-2-22(31)28-21-13-17(5-7-19(21)25)30-23(32)9-4-15-14-26-20-8-6-16(12-18(20)24(15)30)29-11-3-10-27-29/h2-14H,1H2,(H,28,31). The van der Waals surface area contributed by atoms with Gasteiger partial charge in [-0.1, -0.05) is 6.58 Å². The Bertz CT molecular complexity index is 1570. The number of fused-ring (bicyclic) bond motifs is 3. The Kier molecular flexibility index (Phi) is 4.91. The van der Waals surface area contributed by atoms with E-state index in [1.165, 1.54) is 12.1 Å². The molecule has 156 valence electrons. The zero-order chi connectivity index (χ0) is 22.2. The maximum atomic E-state index is 13.1. The van der Waals surface area contributed by atoms with Crippen LogP contribution in [0.5, 0.6) is 0 Å². The second-order valence-electron chi connectivity index (χ2n) is 7.08. The van der Waals surface area contributed by atoms with E-state index in [0.717, 1.165) is 27.5 Å². The summed E-state index contributed by atoms with van der Waals surface area (Å²) in [7, 11) is 0. The Balaban J connectivity index is 1.81. The lowest BCUT2D eigenvalue weighted by Gasteiger charge is -2.15. The number of carbonyl (C=O) groups excluding carboxylic acids is 1. The molecule has 2 aromatic carbocycles. The fourth-order valence-electron chi connectivity index (χ4n) is 3.65. The molecule has 0 aliphatic carbocycles. The van der Waals surface area contributed by atoms with Crippen LogP contribution in [0, 0.1) is 0 Å². The molecule has 5 aromatic rings. The van der Waals surface area contributed by atoms with Gasteiger partial charge in [-0.25, -0.2) is 4.68 Å². The third-order valence-electron chi connectivity index (χ3n) is 5.12. The van der Waals surface area contributed by atoms with Crippen LogP contribution in [0.25, 0.3) is 33.2 Å². The molecule has 7 nitrogen and oxygen atoms in total. The fraction of sp³-hybridized carbons (Fsp3) is 0. The molecule has 0 spiro atoms. The molecular formula is C24H16BrN5O2. The monoisotopic (exact) mass is 485 g/mol. The van der Waals surface area contributed by atoms with Crippen molar-refractivity contribution in [3.8, 4) is 11.4 Å². The summed E-state index contributed by atoms with van der Waals surface area (Å²) in [5.41, 5.74) is 3.28. The number of rotatable bonds is 4. The van der Waals surface area contributed by atoms with Gasteiger partial charge in [-0.3, -0.25) is 19.1 Å². The number of hydrogen-bond donors (Lipinski definition) is 1. The molecule has 8 heteroatoms. The molecule has 3 aromatic heterocycles. The summed E-state index contributed by atoms with van der Waals surface area (Å²) in [6, 6.07) is 16.3. The van der Waals surface area contributed by atoms with Crippen molar-refractivity contribution in [1.29, 1.82) is 0 Å². The summed E-state index contributed by atoms with van der Waals surface area (Å²) in [6.07, 6.45) is 6.51. The van der Waals surface area contributed by atoms with E-state index in [4.69, 9.17) is 0 Å². The molecule has 3 heterocycles. The Hall–Kier alpha value is -4.04. The largest absolute Gasteiger partial charge is 0.321 e. The molecular weight excluding hydrogens is 470 g/mol. The predicted molar refractivity (Wildman–Crippen MR) is 128 cm³/mol. The molecule has 1 N–H and O–H groups in total. The zero-order valence-electron chi connectivity index (χ0n) is 16.7. The van der Waals surface area contributed by atoms with Gasteiger partial charge in [0.1, 0.15) is 0 Å². The van der Waals surface area contributed by atoms with E-state index in [1.807, 2.05) is 36.5 Å². The van der Waals surface area contributed by atoms with Crippen LogP contribution in [0.2, 0.25) is 0 Å². The molecule has 0 atom stereocenters. The van der Waals surface area contributed by atoms with Crippen LogP contribution in [0.1, 0.15) is 0 Å². The van der Waals surface area contributed by atoms with E-state index in [-0.39, 0.29) is 11.5 Å². The van der Waals surface area contributed by atoms with Gasteiger partial charge in [0.25, 0.3) is 5.56 Å². The number of pyridine rings is 2. The second-order valence-corrected chi connectivity index (χ2v) is 7.93. The van der Waals surface area contributed by atoms with E-state index in [9.17, 15) is 9.59 Å². The third-order valence-corrected chi connectivity index (χ3v) is 5.81. The van der Waals surface area contributed by atoms with Gasteiger partial charge < -0.3 is 5.32 Å². The highest BCUT2D eigenvalue weighted by molar-refractivity contribution is 9.10. The average Bonchev–Trinajstić information content (AvgIpc) is 3.35.